The fourth-order valence-electron chi connectivity index (χ4n) is 2.54. The Morgan fingerprint density at radius 1 is 0.955 bits per heavy atom. The Morgan fingerprint density at radius 2 is 1.55 bits per heavy atom. The van der Waals surface area contributed by atoms with Crippen LogP contribution in [0.3, 0.4) is 0 Å². The van der Waals surface area contributed by atoms with Crippen LogP contribution in [-0.4, -0.2) is 17.0 Å². The average molecular weight is 299 g/mol. The second kappa shape index (κ2) is 6.60. The van der Waals surface area contributed by atoms with Gasteiger partial charge in [-0.15, -0.1) is 0 Å². The van der Waals surface area contributed by atoms with Crippen molar-refractivity contribution in [1.82, 2.24) is 4.90 Å². The minimum atomic E-state index is -0.453. The second-order valence-electron chi connectivity index (χ2n) is 5.77. The van der Waals surface area contributed by atoms with E-state index in [1.54, 1.807) is 47.4 Å². The average Bonchev–Trinajstić information content (AvgIpc) is 3.08. The molecule has 0 heterocycles. The highest BCUT2D eigenvalue weighted by Crippen LogP contribution is 2.27. The maximum absolute atomic E-state index is 12.7. The van der Waals surface area contributed by atoms with E-state index in [0.29, 0.717) is 16.9 Å². The molecule has 0 aromatic rings. The lowest BCUT2D eigenvalue weighted by molar-refractivity contribution is -0.352. The Labute approximate surface area is 131 Å². The second-order valence-corrected chi connectivity index (χ2v) is 5.77. The molecule has 0 spiro atoms. The van der Waals surface area contributed by atoms with Gasteiger partial charge in [-0.1, -0.05) is 36.5 Å². The standard InChI is InChI=1S/C18H23NO3/c1-12(2)19(13(3)4)17(20)15-10-7-11-16(15)22-18(21)14-8-5-6-9-14/h5-13,20-21H,1-4H3/p-2/b17-15-. The molecule has 0 fully saturated rings. The van der Waals surface area contributed by atoms with Gasteiger partial charge in [0.05, 0.1) is 5.95 Å². The summed E-state index contributed by atoms with van der Waals surface area (Å²) in [6.45, 7) is 7.87. The molecule has 0 aromatic heterocycles. The van der Waals surface area contributed by atoms with Crippen molar-refractivity contribution in [1.29, 1.82) is 0 Å². The summed E-state index contributed by atoms with van der Waals surface area (Å²) < 4.78 is 5.37. The first-order valence-corrected chi connectivity index (χ1v) is 7.44. The zero-order valence-corrected chi connectivity index (χ0v) is 13.4. The molecule has 0 bridgehead atoms. The molecule has 0 radical (unpaired) electrons. The number of hydrogen-bond donors (Lipinski definition) is 0. The highest BCUT2D eigenvalue weighted by atomic mass is 16.6. The summed E-state index contributed by atoms with van der Waals surface area (Å²) in [5.41, 5.74) is 0.895. The van der Waals surface area contributed by atoms with Crippen LogP contribution in [0, 0.1) is 0 Å². The van der Waals surface area contributed by atoms with E-state index in [-0.39, 0.29) is 18.0 Å². The first kappa shape index (κ1) is 16.0. The van der Waals surface area contributed by atoms with Crippen molar-refractivity contribution in [3.05, 3.63) is 71.3 Å². The van der Waals surface area contributed by atoms with Crippen LogP contribution >= 0.6 is 0 Å². The number of nitrogens with zero attached hydrogens (tertiary/aromatic N) is 1. The van der Waals surface area contributed by atoms with Crippen molar-refractivity contribution < 1.29 is 14.9 Å². The van der Waals surface area contributed by atoms with Crippen LogP contribution in [0.2, 0.25) is 0 Å². The molecule has 4 heteroatoms. The largest absolute Gasteiger partial charge is 0.860 e. The van der Waals surface area contributed by atoms with Crippen molar-refractivity contribution in [3.63, 3.8) is 0 Å². The summed E-state index contributed by atoms with van der Waals surface area (Å²) in [5, 5.41) is 24.8. The molecule has 0 aromatic carbocycles. The number of allylic oxidation sites excluding steroid dienone is 8. The minimum Gasteiger partial charge on any atom is -0.860 e. The smallest absolute Gasteiger partial charge is 0.0633 e. The first-order valence-electron chi connectivity index (χ1n) is 7.44. The minimum absolute atomic E-state index is 0.0704. The van der Waals surface area contributed by atoms with Gasteiger partial charge in [0, 0.05) is 17.8 Å². The van der Waals surface area contributed by atoms with Gasteiger partial charge >= 0.3 is 0 Å². The fraction of sp³-hybridized carbons (Fsp3) is 0.333. The van der Waals surface area contributed by atoms with E-state index in [2.05, 4.69) is 0 Å². The van der Waals surface area contributed by atoms with E-state index >= 15 is 0 Å². The van der Waals surface area contributed by atoms with E-state index in [9.17, 15) is 10.2 Å². The number of ether oxygens (including phenoxy) is 1. The Kier molecular flexibility index (Phi) is 4.81. The SMILES string of the molecule is CC(C)N(/C([O-])=C1\C=CC=C1OC([O-])=C1C=CC=C1)C(C)C. The predicted molar refractivity (Wildman–Crippen MR) is 82.8 cm³/mol. The lowest BCUT2D eigenvalue weighted by atomic mass is 10.2. The molecule has 118 valence electrons. The van der Waals surface area contributed by atoms with Crippen molar-refractivity contribution in [2.45, 2.75) is 39.8 Å². The molecule has 0 atom stereocenters. The molecule has 4 nitrogen and oxygen atoms in total. The van der Waals surface area contributed by atoms with Crippen LogP contribution < -0.4 is 10.2 Å². The maximum atomic E-state index is 12.7. The van der Waals surface area contributed by atoms with Gasteiger partial charge in [-0.3, -0.25) is 0 Å². The molecule has 0 N–H and O–H groups in total. The van der Waals surface area contributed by atoms with E-state index in [1.807, 2.05) is 27.7 Å². The van der Waals surface area contributed by atoms with Crippen LogP contribution in [-0.2, 0) is 4.74 Å². The topological polar surface area (TPSA) is 58.6 Å². The highest BCUT2D eigenvalue weighted by molar-refractivity contribution is 5.47. The molecule has 0 amide bonds. The van der Waals surface area contributed by atoms with E-state index in [1.165, 1.54) is 0 Å². The molecule has 0 saturated carbocycles. The summed E-state index contributed by atoms with van der Waals surface area (Å²) >= 11 is 0. The third kappa shape index (κ3) is 3.27. The molecular weight excluding hydrogens is 278 g/mol. The molecule has 0 aliphatic heterocycles. The van der Waals surface area contributed by atoms with Crippen molar-refractivity contribution in [3.8, 4) is 0 Å². The van der Waals surface area contributed by atoms with Crippen molar-refractivity contribution in [2.75, 3.05) is 0 Å². The zero-order valence-electron chi connectivity index (χ0n) is 13.4. The van der Waals surface area contributed by atoms with Crippen LogP contribution in [0.1, 0.15) is 27.7 Å². The summed E-state index contributed by atoms with van der Waals surface area (Å²) in [7, 11) is 0. The Hall–Kier alpha value is -2.36. The van der Waals surface area contributed by atoms with Gasteiger partial charge in [-0.2, -0.15) is 0 Å². The van der Waals surface area contributed by atoms with Crippen LogP contribution in [0.5, 0.6) is 0 Å². The summed E-state index contributed by atoms with van der Waals surface area (Å²) in [6.07, 6.45) is 12.0. The summed E-state index contributed by atoms with van der Waals surface area (Å²) in [5.74, 6) is -0.270. The quantitative estimate of drug-likeness (QED) is 0.727. The normalized spacial score (nSPS) is 18.5. The molecular formula is C18H21NO3-2. The lowest BCUT2D eigenvalue weighted by Gasteiger charge is -2.40. The van der Waals surface area contributed by atoms with Crippen molar-refractivity contribution >= 4 is 0 Å². The third-order valence-corrected chi connectivity index (χ3v) is 3.45. The third-order valence-electron chi connectivity index (χ3n) is 3.45. The number of hydrogen-bond acceptors (Lipinski definition) is 4. The molecule has 2 aliphatic carbocycles. The van der Waals surface area contributed by atoms with Gasteiger partial charge in [0.1, 0.15) is 0 Å². The Morgan fingerprint density at radius 3 is 2.09 bits per heavy atom. The summed E-state index contributed by atoms with van der Waals surface area (Å²) in [6, 6.07) is 0.141. The molecule has 0 saturated heterocycles. The maximum Gasteiger partial charge on any atom is 0.0633 e. The highest BCUT2D eigenvalue weighted by Gasteiger charge is 2.15. The fourth-order valence-corrected chi connectivity index (χ4v) is 2.54. The van der Waals surface area contributed by atoms with Crippen LogP contribution in [0.25, 0.3) is 0 Å². The molecule has 22 heavy (non-hydrogen) atoms. The van der Waals surface area contributed by atoms with Gasteiger partial charge in [-0.05, 0) is 50.8 Å². The predicted octanol–water partition coefficient (Wildman–Crippen LogP) is 1.85. The van der Waals surface area contributed by atoms with Crippen LogP contribution in [0.15, 0.2) is 71.3 Å². The van der Waals surface area contributed by atoms with Gasteiger partial charge in [0.15, 0.2) is 0 Å². The lowest BCUT2D eigenvalue weighted by Crippen LogP contribution is -2.41. The number of rotatable bonds is 5. The van der Waals surface area contributed by atoms with Crippen LogP contribution in [0.4, 0.5) is 0 Å². The van der Waals surface area contributed by atoms with Gasteiger partial charge in [0.25, 0.3) is 0 Å². The Balaban J connectivity index is 2.27. The molecule has 2 aliphatic rings. The van der Waals surface area contributed by atoms with Crippen molar-refractivity contribution in [2.24, 2.45) is 0 Å². The molecule has 2 rings (SSSR count). The monoisotopic (exact) mass is 299 g/mol. The first-order chi connectivity index (χ1) is 10.4. The molecule has 0 unspecified atom stereocenters. The van der Waals surface area contributed by atoms with E-state index < -0.39 is 5.95 Å². The summed E-state index contributed by atoms with van der Waals surface area (Å²) in [4.78, 5) is 1.77. The van der Waals surface area contributed by atoms with E-state index in [0.717, 1.165) is 0 Å². The van der Waals surface area contributed by atoms with Gasteiger partial charge in [-0.25, -0.2) is 0 Å². The van der Waals surface area contributed by atoms with E-state index in [4.69, 9.17) is 4.74 Å². The van der Waals surface area contributed by atoms with Gasteiger partial charge in [0.2, 0.25) is 0 Å². The zero-order chi connectivity index (χ0) is 16.3. The Bertz CT molecular complexity index is 594. The van der Waals surface area contributed by atoms with Gasteiger partial charge < -0.3 is 19.8 Å².